The second-order valence-electron chi connectivity index (χ2n) is 4.71. The van der Waals surface area contributed by atoms with E-state index in [9.17, 15) is 9.18 Å². The average molecular weight is 365 g/mol. The average Bonchev–Trinajstić information content (AvgIpc) is 2.46. The molecular weight excluding hydrogens is 351 g/mol. The van der Waals surface area contributed by atoms with E-state index < -0.39 is 5.82 Å². The molecule has 0 saturated heterocycles. The molecule has 1 heterocycles. The predicted molar refractivity (Wildman–Crippen MR) is 85.1 cm³/mol. The molecule has 2 rings (SSSR count). The standard InChI is InChI=1S/C16H14BrFN2O2/c1-20(2)10-14(22-13-7-8-19-15(17)9-13)16(21)11-3-5-12(18)6-4-11/h3-10H,1-2H3/b14-10+. The first-order valence-electron chi connectivity index (χ1n) is 6.43. The number of Topliss-reactive ketones (excluding diaryl/α,β-unsaturated/α-hetero) is 1. The first-order valence-corrected chi connectivity index (χ1v) is 7.23. The van der Waals surface area contributed by atoms with E-state index in [1.54, 1.807) is 43.5 Å². The molecular formula is C16H14BrFN2O2. The third kappa shape index (κ3) is 4.39. The van der Waals surface area contributed by atoms with Gasteiger partial charge in [0.05, 0.1) is 0 Å². The van der Waals surface area contributed by atoms with E-state index in [-0.39, 0.29) is 11.5 Å². The Bertz CT molecular complexity index is 700. The van der Waals surface area contributed by atoms with Crippen molar-refractivity contribution in [3.8, 4) is 5.75 Å². The fraction of sp³-hybridized carbons (Fsp3) is 0.125. The second-order valence-corrected chi connectivity index (χ2v) is 5.52. The van der Waals surface area contributed by atoms with Crippen LogP contribution in [0.1, 0.15) is 10.4 Å². The molecule has 114 valence electrons. The predicted octanol–water partition coefficient (Wildman–Crippen LogP) is 3.65. The highest BCUT2D eigenvalue weighted by molar-refractivity contribution is 9.10. The molecule has 1 aromatic carbocycles. The van der Waals surface area contributed by atoms with E-state index in [0.29, 0.717) is 15.9 Å². The molecule has 1 aromatic heterocycles. The van der Waals surface area contributed by atoms with Crippen LogP contribution in [0.3, 0.4) is 0 Å². The maximum atomic E-state index is 13.0. The highest BCUT2D eigenvalue weighted by Gasteiger charge is 2.16. The summed E-state index contributed by atoms with van der Waals surface area (Å²) in [6.45, 7) is 0. The van der Waals surface area contributed by atoms with Crippen LogP contribution in [-0.2, 0) is 0 Å². The van der Waals surface area contributed by atoms with Crippen LogP contribution < -0.4 is 4.74 Å². The molecule has 0 bridgehead atoms. The van der Waals surface area contributed by atoms with Crippen LogP contribution in [-0.4, -0.2) is 29.8 Å². The summed E-state index contributed by atoms with van der Waals surface area (Å²) in [4.78, 5) is 18.2. The van der Waals surface area contributed by atoms with Crippen molar-refractivity contribution in [2.75, 3.05) is 14.1 Å². The van der Waals surface area contributed by atoms with Crippen LogP contribution in [0.2, 0.25) is 0 Å². The van der Waals surface area contributed by atoms with E-state index >= 15 is 0 Å². The van der Waals surface area contributed by atoms with Crippen molar-refractivity contribution >= 4 is 21.7 Å². The highest BCUT2D eigenvalue weighted by atomic mass is 79.9. The molecule has 2 aromatic rings. The topological polar surface area (TPSA) is 42.4 Å². The number of hydrogen-bond acceptors (Lipinski definition) is 4. The largest absolute Gasteiger partial charge is 0.452 e. The zero-order chi connectivity index (χ0) is 16.1. The van der Waals surface area contributed by atoms with Gasteiger partial charge in [0, 0.05) is 38.1 Å². The second kappa shape index (κ2) is 7.17. The van der Waals surface area contributed by atoms with Gasteiger partial charge in [-0.15, -0.1) is 0 Å². The van der Waals surface area contributed by atoms with Gasteiger partial charge >= 0.3 is 0 Å². The molecule has 0 saturated carbocycles. The molecule has 0 atom stereocenters. The Kier molecular flexibility index (Phi) is 5.27. The number of allylic oxidation sites excluding steroid dienone is 1. The van der Waals surface area contributed by atoms with Crippen molar-refractivity contribution in [3.63, 3.8) is 0 Å². The van der Waals surface area contributed by atoms with Crippen molar-refractivity contribution in [2.24, 2.45) is 0 Å². The summed E-state index contributed by atoms with van der Waals surface area (Å²) in [5, 5.41) is 0. The smallest absolute Gasteiger partial charge is 0.229 e. The van der Waals surface area contributed by atoms with Crippen LogP contribution in [0.15, 0.2) is 59.2 Å². The molecule has 0 radical (unpaired) electrons. The lowest BCUT2D eigenvalue weighted by molar-refractivity contribution is 0.0982. The molecule has 0 aliphatic rings. The maximum absolute atomic E-state index is 13.0. The number of ketones is 1. The third-order valence-electron chi connectivity index (χ3n) is 2.63. The van der Waals surface area contributed by atoms with E-state index in [0.717, 1.165) is 0 Å². The zero-order valence-corrected chi connectivity index (χ0v) is 13.7. The number of pyridine rings is 1. The number of carbonyl (C=O) groups excluding carboxylic acids is 1. The summed E-state index contributed by atoms with van der Waals surface area (Å²) < 4.78 is 19.2. The quantitative estimate of drug-likeness (QED) is 0.351. The maximum Gasteiger partial charge on any atom is 0.229 e. The van der Waals surface area contributed by atoms with Gasteiger partial charge in [0.25, 0.3) is 0 Å². The number of ether oxygens (including phenoxy) is 1. The fourth-order valence-corrected chi connectivity index (χ4v) is 2.03. The molecule has 4 nitrogen and oxygen atoms in total. The number of benzene rings is 1. The Morgan fingerprint density at radius 1 is 1.27 bits per heavy atom. The molecule has 0 N–H and O–H groups in total. The Balaban J connectivity index is 2.30. The number of nitrogens with zero attached hydrogens (tertiary/aromatic N) is 2. The lowest BCUT2D eigenvalue weighted by Crippen LogP contribution is -2.14. The van der Waals surface area contributed by atoms with Crippen molar-refractivity contribution < 1.29 is 13.9 Å². The van der Waals surface area contributed by atoms with Gasteiger partial charge < -0.3 is 9.64 Å². The Labute approximate surface area is 136 Å². The molecule has 0 unspecified atom stereocenters. The summed E-state index contributed by atoms with van der Waals surface area (Å²) in [5.41, 5.74) is 0.350. The van der Waals surface area contributed by atoms with Crippen LogP contribution >= 0.6 is 15.9 Å². The molecule has 0 aliphatic carbocycles. The summed E-state index contributed by atoms with van der Waals surface area (Å²) >= 11 is 3.25. The first kappa shape index (κ1) is 16.2. The molecule has 0 spiro atoms. The van der Waals surface area contributed by atoms with Crippen LogP contribution in [0.25, 0.3) is 0 Å². The van der Waals surface area contributed by atoms with Crippen molar-refractivity contribution in [1.29, 1.82) is 0 Å². The summed E-state index contributed by atoms with van der Waals surface area (Å²) in [5.74, 6) is -0.115. The van der Waals surface area contributed by atoms with E-state index in [2.05, 4.69) is 20.9 Å². The van der Waals surface area contributed by atoms with Gasteiger partial charge in [-0.05, 0) is 46.3 Å². The molecule has 0 amide bonds. The highest BCUT2D eigenvalue weighted by Crippen LogP contribution is 2.20. The van der Waals surface area contributed by atoms with Crippen LogP contribution in [0.4, 0.5) is 4.39 Å². The van der Waals surface area contributed by atoms with E-state index in [4.69, 9.17) is 4.74 Å². The van der Waals surface area contributed by atoms with Crippen molar-refractivity contribution in [1.82, 2.24) is 9.88 Å². The molecule has 0 fully saturated rings. The monoisotopic (exact) mass is 364 g/mol. The lowest BCUT2D eigenvalue weighted by atomic mass is 10.1. The van der Waals surface area contributed by atoms with Gasteiger partial charge in [0.2, 0.25) is 5.78 Å². The van der Waals surface area contributed by atoms with Gasteiger partial charge in [0.1, 0.15) is 16.2 Å². The zero-order valence-electron chi connectivity index (χ0n) is 12.1. The minimum atomic E-state index is -0.395. The Morgan fingerprint density at radius 2 is 1.95 bits per heavy atom. The lowest BCUT2D eigenvalue weighted by Gasteiger charge is -2.13. The van der Waals surface area contributed by atoms with E-state index in [1.807, 2.05) is 0 Å². The van der Waals surface area contributed by atoms with E-state index in [1.165, 1.54) is 24.3 Å². The summed E-state index contributed by atoms with van der Waals surface area (Å²) in [6.07, 6.45) is 3.13. The van der Waals surface area contributed by atoms with Gasteiger partial charge in [-0.25, -0.2) is 9.37 Å². The van der Waals surface area contributed by atoms with Crippen molar-refractivity contribution in [3.05, 3.63) is 70.5 Å². The first-order chi connectivity index (χ1) is 10.5. The number of hydrogen-bond donors (Lipinski definition) is 0. The number of rotatable bonds is 5. The fourth-order valence-electron chi connectivity index (χ4n) is 1.68. The van der Waals surface area contributed by atoms with Gasteiger partial charge in [-0.3, -0.25) is 4.79 Å². The summed E-state index contributed by atoms with van der Waals surface area (Å²) in [7, 11) is 3.56. The van der Waals surface area contributed by atoms with Crippen molar-refractivity contribution in [2.45, 2.75) is 0 Å². The minimum Gasteiger partial charge on any atom is -0.452 e. The van der Waals surface area contributed by atoms with Crippen LogP contribution in [0.5, 0.6) is 5.75 Å². The Morgan fingerprint density at radius 3 is 2.55 bits per heavy atom. The number of halogens is 2. The third-order valence-corrected chi connectivity index (χ3v) is 3.07. The molecule has 0 aliphatic heterocycles. The Hall–Kier alpha value is -2.21. The number of aromatic nitrogens is 1. The SMILES string of the molecule is CN(C)/C=C(/Oc1ccnc(Br)c1)C(=O)c1ccc(F)cc1. The molecule has 22 heavy (non-hydrogen) atoms. The number of carbonyl (C=O) groups is 1. The van der Waals surface area contributed by atoms with Gasteiger partial charge in [0.15, 0.2) is 5.76 Å². The molecule has 6 heteroatoms. The minimum absolute atomic E-state index is 0.134. The van der Waals surface area contributed by atoms with Gasteiger partial charge in [-0.1, -0.05) is 0 Å². The van der Waals surface area contributed by atoms with Crippen LogP contribution in [0, 0.1) is 5.82 Å². The normalized spacial score (nSPS) is 11.2. The van der Waals surface area contributed by atoms with Gasteiger partial charge in [-0.2, -0.15) is 0 Å². The summed E-state index contributed by atoms with van der Waals surface area (Å²) in [6, 6.07) is 8.63.